The van der Waals surface area contributed by atoms with Crippen molar-refractivity contribution in [2.45, 2.75) is 61.6 Å². The lowest BCUT2D eigenvalue weighted by atomic mass is 10.0. The molecule has 0 saturated carbocycles. The monoisotopic (exact) mass is 642 g/mol. The molecule has 0 radical (unpaired) electrons. The molecule has 2 aliphatic heterocycles. The van der Waals surface area contributed by atoms with Gasteiger partial charge in [-0.1, -0.05) is 35.2 Å². The van der Waals surface area contributed by atoms with Crippen LogP contribution in [-0.4, -0.2) is 93.7 Å². The largest absolute Gasteiger partial charge is 0.477 e. The SMILES string of the molecule is CCC(ON=C(C(=O)NC1C(=O)N2C(C(=O)O)=C(CSc3nncs3)CS[C@H]12)c1nsc(N)n1)C(=O)OC(C)(C)C. The summed E-state index contributed by atoms with van der Waals surface area (Å²) < 4.78 is 10.0. The minimum Gasteiger partial charge on any atom is -0.477 e. The van der Waals surface area contributed by atoms with Crippen molar-refractivity contribution in [2.75, 3.05) is 17.2 Å². The number of oxime groups is 1. The summed E-state index contributed by atoms with van der Waals surface area (Å²) >= 11 is 4.79. The number of carboxylic acids is 1. The Hall–Kier alpha value is -3.29. The number of hydrogen-bond donors (Lipinski definition) is 3. The molecule has 1 saturated heterocycles. The van der Waals surface area contributed by atoms with Gasteiger partial charge >= 0.3 is 11.9 Å². The third-order valence-corrected chi connectivity index (χ3v) is 9.26. The minimum atomic E-state index is -1.24. The van der Waals surface area contributed by atoms with E-state index in [4.69, 9.17) is 15.3 Å². The molecule has 0 spiro atoms. The minimum absolute atomic E-state index is 0.0589. The summed E-state index contributed by atoms with van der Waals surface area (Å²) in [6, 6.07) is -1.05. The Balaban J connectivity index is 1.50. The number of thioether (sulfide) groups is 2. The van der Waals surface area contributed by atoms with Crippen LogP contribution in [0.5, 0.6) is 0 Å². The molecule has 4 rings (SSSR count). The van der Waals surface area contributed by atoms with Gasteiger partial charge in [-0.2, -0.15) is 9.36 Å². The number of nitrogens with zero attached hydrogens (tertiary/aromatic N) is 6. The number of rotatable bonds is 11. The van der Waals surface area contributed by atoms with Gasteiger partial charge in [0, 0.05) is 23.0 Å². The van der Waals surface area contributed by atoms with Crippen molar-refractivity contribution in [2.24, 2.45) is 5.16 Å². The summed E-state index contributed by atoms with van der Waals surface area (Å²) in [5, 5.41) is 23.4. The number of esters is 1. The molecular formula is C22H26N8O7S4. The lowest BCUT2D eigenvalue weighted by Crippen LogP contribution is -2.71. The zero-order valence-electron chi connectivity index (χ0n) is 22.2. The highest BCUT2D eigenvalue weighted by molar-refractivity contribution is 8.01. The Morgan fingerprint density at radius 3 is 2.71 bits per heavy atom. The summed E-state index contributed by atoms with van der Waals surface area (Å²) in [5.41, 5.74) is 6.53. The van der Waals surface area contributed by atoms with Gasteiger partial charge in [-0.05, 0) is 32.8 Å². The highest BCUT2D eigenvalue weighted by Crippen LogP contribution is 2.41. The van der Waals surface area contributed by atoms with Crippen LogP contribution in [0.2, 0.25) is 0 Å². The van der Waals surface area contributed by atoms with E-state index < -0.39 is 52.6 Å². The van der Waals surface area contributed by atoms with E-state index in [1.165, 1.54) is 39.8 Å². The first kappa shape index (κ1) is 30.7. The number of hydrogen-bond acceptors (Lipinski definition) is 16. The summed E-state index contributed by atoms with van der Waals surface area (Å²) in [6.45, 7) is 6.79. The van der Waals surface area contributed by atoms with Crippen molar-refractivity contribution in [3.8, 4) is 0 Å². The smallest absolute Gasteiger partial charge is 0.352 e. The van der Waals surface area contributed by atoms with Crippen LogP contribution in [0, 0.1) is 0 Å². The average molecular weight is 643 g/mol. The Kier molecular flexibility index (Phi) is 9.50. The number of ether oxygens (including phenoxy) is 1. The first-order valence-electron chi connectivity index (χ1n) is 12.1. The molecular weight excluding hydrogens is 617 g/mol. The number of nitrogen functional groups attached to an aromatic ring is 1. The normalized spacial score (nSPS) is 19.8. The van der Waals surface area contributed by atoms with Crippen molar-refractivity contribution in [3.63, 3.8) is 0 Å². The van der Waals surface area contributed by atoms with E-state index in [0.717, 1.165) is 11.5 Å². The van der Waals surface area contributed by atoms with Gasteiger partial charge in [0.2, 0.25) is 17.6 Å². The van der Waals surface area contributed by atoms with Crippen LogP contribution in [0.3, 0.4) is 0 Å². The molecule has 2 amide bonds. The zero-order valence-corrected chi connectivity index (χ0v) is 25.5. The number of nitrogens with two attached hydrogens (primary N) is 1. The third kappa shape index (κ3) is 7.14. The van der Waals surface area contributed by atoms with E-state index in [-0.39, 0.29) is 23.1 Å². The van der Waals surface area contributed by atoms with Crippen LogP contribution in [0.15, 0.2) is 26.3 Å². The van der Waals surface area contributed by atoms with Gasteiger partial charge in [-0.15, -0.1) is 22.0 Å². The van der Waals surface area contributed by atoms with Crippen LogP contribution in [-0.2, 0) is 28.8 Å². The summed E-state index contributed by atoms with van der Waals surface area (Å²) in [4.78, 5) is 61.6. The van der Waals surface area contributed by atoms with E-state index >= 15 is 0 Å². The van der Waals surface area contributed by atoms with Crippen molar-refractivity contribution in [1.82, 2.24) is 29.8 Å². The van der Waals surface area contributed by atoms with Gasteiger partial charge in [0.25, 0.3) is 11.8 Å². The molecule has 0 bridgehead atoms. The molecule has 15 nitrogen and oxygen atoms in total. The van der Waals surface area contributed by atoms with Gasteiger partial charge in [-0.3, -0.25) is 14.5 Å². The van der Waals surface area contributed by atoms with E-state index in [2.05, 4.69) is 30.0 Å². The summed E-state index contributed by atoms with van der Waals surface area (Å²) in [7, 11) is 0. The highest BCUT2D eigenvalue weighted by atomic mass is 32.2. The zero-order chi connectivity index (χ0) is 29.9. The Bertz CT molecular complexity index is 1390. The maximum Gasteiger partial charge on any atom is 0.352 e. The predicted octanol–water partition coefficient (Wildman–Crippen LogP) is 1.34. The molecule has 2 unspecified atom stereocenters. The van der Waals surface area contributed by atoms with Gasteiger partial charge in [0.05, 0.1) is 0 Å². The van der Waals surface area contributed by atoms with Gasteiger partial charge in [0.1, 0.15) is 28.2 Å². The number of amides is 2. The van der Waals surface area contributed by atoms with Crippen LogP contribution in [0.4, 0.5) is 5.13 Å². The summed E-state index contributed by atoms with van der Waals surface area (Å²) in [5.74, 6) is -2.89. The molecule has 2 aromatic heterocycles. The molecule has 1 fully saturated rings. The number of β-lactam (4-membered cyclic amide) rings is 1. The number of aliphatic carboxylic acids is 1. The fourth-order valence-electron chi connectivity index (χ4n) is 3.66. The second kappa shape index (κ2) is 12.7. The standard InChI is InChI=1S/C22H26N8O7S4/c1-5-10(19(35)36-22(2,3)4)37-28-11(14-26-20(23)41-29-14)15(31)25-12-16(32)30-13(18(33)34)9(6-38-17(12)30)7-39-21-27-24-8-40-21/h8,10,12,17H,5-7H2,1-4H3,(H,25,31)(H,33,34)(H2,23,26,29)/t10?,12?,17-/m1/s1. The fourth-order valence-corrected chi connectivity index (χ4v) is 7.07. The summed E-state index contributed by atoms with van der Waals surface area (Å²) in [6.07, 6.45) is -0.930. The molecule has 220 valence electrons. The number of fused-ring (bicyclic) bond motifs is 1. The van der Waals surface area contributed by atoms with E-state index in [1.807, 2.05) is 0 Å². The van der Waals surface area contributed by atoms with Crippen LogP contribution < -0.4 is 11.1 Å². The number of nitrogens with one attached hydrogen (secondary N) is 1. The van der Waals surface area contributed by atoms with Crippen LogP contribution >= 0.6 is 46.4 Å². The second-order valence-corrected chi connectivity index (χ2v) is 13.5. The molecule has 0 aliphatic carbocycles. The van der Waals surface area contributed by atoms with E-state index in [1.54, 1.807) is 33.2 Å². The highest BCUT2D eigenvalue weighted by Gasteiger charge is 2.54. The van der Waals surface area contributed by atoms with Crippen LogP contribution in [0.25, 0.3) is 0 Å². The van der Waals surface area contributed by atoms with E-state index in [9.17, 15) is 24.3 Å². The number of aromatic nitrogens is 4. The average Bonchev–Trinajstić information content (AvgIpc) is 3.58. The van der Waals surface area contributed by atoms with Gasteiger partial charge < -0.3 is 25.7 Å². The second-order valence-electron chi connectivity index (χ2n) is 9.54. The van der Waals surface area contributed by atoms with Crippen molar-refractivity contribution < 1.29 is 33.9 Å². The first-order chi connectivity index (χ1) is 19.4. The topological polar surface area (TPSA) is 212 Å². The lowest BCUT2D eigenvalue weighted by Gasteiger charge is -2.49. The Morgan fingerprint density at radius 2 is 2.12 bits per heavy atom. The lowest BCUT2D eigenvalue weighted by molar-refractivity contribution is -0.169. The van der Waals surface area contributed by atoms with Gasteiger partial charge in [0.15, 0.2) is 9.47 Å². The van der Waals surface area contributed by atoms with Crippen molar-refractivity contribution >= 4 is 81.0 Å². The number of carbonyl (C=O) groups excluding carboxylic acids is 3. The van der Waals surface area contributed by atoms with E-state index in [0.29, 0.717) is 21.4 Å². The van der Waals surface area contributed by atoms with Gasteiger partial charge in [-0.25, -0.2) is 9.59 Å². The third-order valence-electron chi connectivity index (χ3n) is 5.43. The van der Waals surface area contributed by atoms with Crippen molar-refractivity contribution in [1.29, 1.82) is 0 Å². The van der Waals surface area contributed by atoms with Crippen LogP contribution in [0.1, 0.15) is 39.9 Å². The first-order valence-corrected chi connectivity index (χ1v) is 15.7. The Morgan fingerprint density at radius 1 is 1.37 bits per heavy atom. The quantitative estimate of drug-likeness (QED) is 0.104. The fraction of sp³-hybridized carbons (Fsp3) is 0.500. The molecule has 19 heteroatoms. The number of anilines is 1. The molecule has 41 heavy (non-hydrogen) atoms. The molecule has 0 aromatic carbocycles. The number of carbonyl (C=O) groups is 4. The molecule has 4 N–H and O–H groups in total. The predicted molar refractivity (Wildman–Crippen MR) is 152 cm³/mol. The molecule has 2 aromatic rings. The maximum absolute atomic E-state index is 13.3. The number of carboxylic acid groups (broad SMARTS) is 1. The van der Waals surface area contributed by atoms with Crippen molar-refractivity contribution in [3.05, 3.63) is 22.6 Å². The molecule has 3 atom stereocenters. The Labute approximate surface area is 250 Å². The molecule has 2 aliphatic rings. The molecule has 4 heterocycles. The maximum atomic E-state index is 13.3.